The van der Waals surface area contributed by atoms with Gasteiger partial charge in [-0.3, -0.25) is 0 Å². The number of nitrogens with two attached hydrogens (primary N) is 1. The van der Waals surface area contributed by atoms with Gasteiger partial charge < -0.3 is 11.2 Å². The van der Waals surface area contributed by atoms with Crippen LogP contribution in [0.4, 0.5) is 11.5 Å². The third-order valence-electron chi connectivity index (χ3n) is 2.50. The van der Waals surface area contributed by atoms with Crippen LogP contribution in [0.15, 0.2) is 12.3 Å². The summed E-state index contributed by atoms with van der Waals surface area (Å²) >= 11 is 5.78. The molecule has 0 amide bonds. The molecule has 0 saturated carbocycles. The molecule has 2 heterocycles. The number of nitrogens with zero attached hydrogens (tertiary/aromatic N) is 2. The maximum absolute atomic E-state index is 5.80. The lowest BCUT2D eigenvalue weighted by molar-refractivity contribution is 0.272. The predicted octanol–water partition coefficient (Wildman–Crippen LogP) is 2.13. The van der Waals surface area contributed by atoms with Gasteiger partial charge in [-0.15, -0.1) is 0 Å². The van der Waals surface area contributed by atoms with Gasteiger partial charge in [0.1, 0.15) is 0 Å². The lowest BCUT2D eigenvalue weighted by Crippen LogP contribution is -2.35. The van der Waals surface area contributed by atoms with Gasteiger partial charge in [-0.1, -0.05) is 18.0 Å². The van der Waals surface area contributed by atoms with Crippen molar-refractivity contribution in [1.82, 2.24) is 9.99 Å². The Balaban J connectivity index is 2.03. The molecule has 0 unspecified atom stereocenters. The summed E-state index contributed by atoms with van der Waals surface area (Å²) in [4.78, 5) is 4.16. The third kappa shape index (κ3) is 2.73. The predicted molar refractivity (Wildman–Crippen MR) is 62.7 cm³/mol. The molecule has 5 heteroatoms. The average Bonchev–Trinajstić information content (AvgIpc) is 2.24. The van der Waals surface area contributed by atoms with Crippen LogP contribution in [0.2, 0.25) is 5.02 Å². The first-order valence-electron chi connectivity index (χ1n) is 5.18. The molecule has 1 aliphatic heterocycles. The number of rotatable bonds is 2. The molecule has 82 valence electrons. The van der Waals surface area contributed by atoms with Crippen molar-refractivity contribution in [2.45, 2.75) is 19.3 Å². The molecular formula is C10H15ClN4. The Morgan fingerprint density at radius 1 is 1.33 bits per heavy atom. The number of pyridine rings is 1. The molecule has 1 aromatic rings. The van der Waals surface area contributed by atoms with E-state index < -0.39 is 0 Å². The minimum atomic E-state index is 0.566. The Morgan fingerprint density at radius 3 is 2.73 bits per heavy atom. The first kappa shape index (κ1) is 10.5. The van der Waals surface area contributed by atoms with E-state index in [1.807, 2.05) is 0 Å². The van der Waals surface area contributed by atoms with Crippen molar-refractivity contribution in [3.05, 3.63) is 17.3 Å². The van der Waals surface area contributed by atoms with Crippen molar-refractivity contribution in [2.24, 2.45) is 0 Å². The van der Waals surface area contributed by atoms with Crippen molar-refractivity contribution in [1.29, 1.82) is 0 Å². The molecule has 4 nitrogen and oxygen atoms in total. The Hall–Kier alpha value is -1.00. The minimum Gasteiger partial charge on any atom is -0.396 e. The zero-order chi connectivity index (χ0) is 10.7. The highest BCUT2D eigenvalue weighted by molar-refractivity contribution is 6.30. The fourth-order valence-corrected chi connectivity index (χ4v) is 1.87. The number of nitrogens with one attached hydrogen (secondary N) is 1. The number of hydrogen-bond acceptors (Lipinski definition) is 4. The summed E-state index contributed by atoms with van der Waals surface area (Å²) in [6.45, 7) is 2.09. The zero-order valence-electron chi connectivity index (χ0n) is 8.54. The van der Waals surface area contributed by atoms with E-state index in [1.54, 1.807) is 12.3 Å². The second-order valence-corrected chi connectivity index (χ2v) is 4.19. The van der Waals surface area contributed by atoms with Gasteiger partial charge in [-0.2, -0.15) is 0 Å². The van der Waals surface area contributed by atoms with Gasteiger partial charge in [0.15, 0.2) is 5.82 Å². The van der Waals surface area contributed by atoms with Crippen LogP contribution in [0.1, 0.15) is 19.3 Å². The van der Waals surface area contributed by atoms with Crippen LogP contribution in [-0.4, -0.2) is 23.1 Å². The quantitative estimate of drug-likeness (QED) is 0.811. The molecule has 2 rings (SSSR count). The molecule has 0 atom stereocenters. The summed E-state index contributed by atoms with van der Waals surface area (Å²) in [5, 5.41) is 2.72. The van der Waals surface area contributed by atoms with E-state index in [4.69, 9.17) is 17.3 Å². The van der Waals surface area contributed by atoms with Gasteiger partial charge in [0, 0.05) is 19.3 Å². The fourth-order valence-electron chi connectivity index (χ4n) is 1.70. The van der Waals surface area contributed by atoms with E-state index in [0.29, 0.717) is 16.5 Å². The minimum absolute atomic E-state index is 0.566. The van der Waals surface area contributed by atoms with Crippen molar-refractivity contribution in [2.75, 3.05) is 24.2 Å². The molecule has 1 fully saturated rings. The van der Waals surface area contributed by atoms with Crippen LogP contribution in [-0.2, 0) is 0 Å². The first-order chi connectivity index (χ1) is 7.25. The number of hydrogen-bond donors (Lipinski definition) is 2. The monoisotopic (exact) mass is 226 g/mol. The second kappa shape index (κ2) is 4.68. The molecule has 0 spiro atoms. The highest BCUT2D eigenvalue weighted by Crippen LogP contribution is 2.20. The van der Waals surface area contributed by atoms with E-state index in [1.165, 1.54) is 19.3 Å². The molecule has 0 radical (unpaired) electrons. The van der Waals surface area contributed by atoms with Crippen LogP contribution in [0, 0.1) is 0 Å². The summed E-state index contributed by atoms with van der Waals surface area (Å²) in [6.07, 6.45) is 5.35. The lowest BCUT2D eigenvalue weighted by atomic mass is 10.2. The number of nitrogen functional groups attached to an aromatic ring is 1. The highest BCUT2D eigenvalue weighted by Gasteiger charge is 2.11. The van der Waals surface area contributed by atoms with Crippen molar-refractivity contribution < 1.29 is 0 Å². The molecule has 1 aromatic heterocycles. The largest absolute Gasteiger partial charge is 0.396 e. The first-order valence-corrected chi connectivity index (χ1v) is 5.56. The van der Waals surface area contributed by atoms with Gasteiger partial charge >= 0.3 is 0 Å². The van der Waals surface area contributed by atoms with Crippen LogP contribution < -0.4 is 11.2 Å². The summed E-state index contributed by atoms with van der Waals surface area (Å²) < 4.78 is 0. The van der Waals surface area contributed by atoms with E-state index in [0.717, 1.165) is 13.1 Å². The topological polar surface area (TPSA) is 54.2 Å². The van der Waals surface area contributed by atoms with E-state index >= 15 is 0 Å². The van der Waals surface area contributed by atoms with E-state index in [9.17, 15) is 0 Å². The molecule has 3 N–H and O–H groups in total. The van der Waals surface area contributed by atoms with Crippen LogP contribution >= 0.6 is 11.6 Å². The Morgan fingerprint density at radius 2 is 2.07 bits per heavy atom. The maximum atomic E-state index is 5.80. The van der Waals surface area contributed by atoms with Gasteiger partial charge in [0.05, 0.1) is 10.7 Å². The number of anilines is 2. The maximum Gasteiger partial charge on any atom is 0.163 e. The van der Waals surface area contributed by atoms with Gasteiger partial charge in [-0.05, 0) is 18.9 Å². The van der Waals surface area contributed by atoms with Gasteiger partial charge in [0.2, 0.25) is 0 Å². The number of halogens is 1. The average molecular weight is 227 g/mol. The number of hydrazine groups is 1. The van der Waals surface area contributed by atoms with E-state index in [2.05, 4.69) is 15.4 Å². The molecule has 0 aliphatic carbocycles. The molecular weight excluding hydrogens is 212 g/mol. The molecule has 0 aromatic carbocycles. The smallest absolute Gasteiger partial charge is 0.163 e. The summed E-state index contributed by atoms with van der Waals surface area (Å²) in [6, 6.07) is 1.71. The normalized spacial score (nSPS) is 17.7. The molecule has 15 heavy (non-hydrogen) atoms. The highest BCUT2D eigenvalue weighted by atomic mass is 35.5. The SMILES string of the molecule is Nc1cc(Cl)cnc1NN1CCCCC1. The molecule has 1 saturated heterocycles. The lowest BCUT2D eigenvalue weighted by Gasteiger charge is -2.27. The zero-order valence-corrected chi connectivity index (χ0v) is 9.30. The van der Waals surface area contributed by atoms with Gasteiger partial charge in [-0.25, -0.2) is 9.99 Å². The Labute approximate surface area is 94.4 Å². The van der Waals surface area contributed by atoms with Crippen molar-refractivity contribution in [3.8, 4) is 0 Å². The van der Waals surface area contributed by atoms with E-state index in [-0.39, 0.29) is 0 Å². The molecule has 1 aliphatic rings. The summed E-state index contributed by atoms with van der Waals surface area (Å²) in [7, 11) is 0. The standard InChI is InChI=1S/C10H15ClN4/c11-8-6-9(12)10(13-7-8)14-15-4-2-1-3-5-15/h6-7H,1-5,12H2,(H,13,14). The van der Waals surface area contributed by atoms with Gasteiger partial charge in [0.25, 0.3) is 0 Å². The van der Waals surface area contributed by atoms with Crippen molar-refractivity contribution in [3.63, 3.8) is 0 Å². The van der Waals surface area contributed by atoms with Crippen LogP contribution in [0.25, 0.3) is 0 Å². The molecule has 0 bridgehead atoms. The summed E-state index contributed by atoms with van der Waals surface area (Å²) in [5.74, 6) is 0.696. The number of aromatic nitrogens is 1. The summed E-state index contributed by atoms with van der Waals surface area (Å²) in [5.41, 5.74) is 9.61. The van der Waals surface area contributed by atoms with Crippen molar-refractivity contribution >= 4 is 23.1 Å². The fraction of sp³-hybridized carbons (Fsp3) is 0.500. The second-order valence-electron chi connectivity index (χ2n) is 3.75. The number of piperidine rings is 1. The van der Waals surface area contributed by atoms with Crippen LogP contribution in [0.5, 0.6) is 0 Å². The Bertz CT molecular complexity index is 336. The van der Waals surface area contributed by atoms with Crippen LogP contribution in [0.3, 0.4) is 0 Å². The Kier molecular flexibility index (Phi) is 3.28. The third-order valence-corrected chi connectivity index (χ3v) is 2.71.